The summed E-state index contributed by atoms with van der Waals surface area (Å²) < 4.78 is 5.33. The fourth-order valence-electron chi connectivity index (χ4n) is 4.28. The topological polar surface area (TPSA) is 95.8 Å². The fourth-order valence-corrected chi connectivity index (χ4v) is 4.28. The molecule has 0 saturated carbocycles. The average Bonchev–Trinajstić information content (AvgIpc) is 2.91. The second-order valence-corrected chi connectivity index (χ2v) is 8.71. The monoisotopic (exact) mass is 491 g/mol. The Hall–Kier alpha value is -4.91. The molecule has 7 nitrogen and oxygen atoms in total. The second kappa shape index (κ2) is 9.99. The molecule has 0 atom stereocenters. The number of fused-ring (bicyclic) bond motifs is 1. The summed E-state index contributed by atoms with van der Waals surface area (Å²) in [5, 5.41) is 21.0. The molecule has 5 aromatic rings. The number of carbonyl (C=O) groups is 1. The summed E-state index contributed by atoms with van der Waals surface area (Å²) in [7, 11) is 1.64. The van der Waals surface area contributed by atoms with Gasteiger partial charge >= 0.3 is 0 Å². The van der Waals surface area contributed by atoms with Crippen LogP contribution in [0.1, 0.15) is 21.5 Å². The summed E-state index contributed by atoms with van der Waals surface area (Å²) in [5.41, 5.74) is 5.22. The Labute approximate surface area is 214 Å². The highest BCUT2D eigenvalue weighted by Gasteiger charge is 2.22. The lowest BCUT2D eigenvalue weighted by atomic mass is 10.0. The molecule has 37 heavy (non-hydrogen) atoms. The van der Waals surface area contributed by atoms with E-state index in [1.165, 1.54) is 12.1 Å². The summed E-state index contributed by atoms with van der Waals surface area (Å²) in [4.78, 5) is 24.1. The molecule has 5 rings (SSSR count). The van der Waals surface area contributed by atoms with Crippen molar-refractivity contribution in [3.63, 3.8) is 0 Å². The number of aromatic hydroxyl groups is 2. The van der Waals surface area contributed by atoms with Crippen molar-refractivity contribution in [2.75, 3.05) is 12.0 Å². The Bertz CT molecular complexity index is 1580. The van der Waals surface area contributed by atoms with Crippen molar-refractivity contribution < 1.29 is 19.7 Å². The van der Waals surface area contributed by atoms with Crippen LogP contribution in [0.15, 0.2) is 91.3 Å². The largest absolute Gasteiger partial charge is 0.508 e. The predicted molar refractivity (Wildman–Crippen MR) is 143 cm³/mol. The van der Waals surface area contributed by atoms with Crippen molar-refractivity contribution in [3.8, 4) is 28.5 Å². The van der Waals surface area contributed by atoms with E-state index in [2.05, 4.69) is 11.1 Å². The Morgan fingerprint density at radius 1 is 0.973 bits per heavy atom. The molecule has 0 radical (unpaired) electrons. The van der Waals surface area contributed by atoms with Gasteiger partial charge in [-0.2, -0.15) is 0 Å². The van der Waals surface area contributed by atoms with Crippen LogP contribution in [0.5, 0.6) is 17.2 Å². The van der Waals surface area contributed by atoms with Crippen molar-refractivity contribution in [1.29, 1.82) is 0 Å². The number of carbonyl (C=O) groups excluding carboxylic acids is 1. The molecular weight excluding hydrogens is 466 g/mol. The van der Waals surface area contributed by atoms with E-state index in [1.54, 1.807) is 24.4 Å². The van der Waals surface area contributed by atoms with Gasteiger partial charge in [0.05, 0.1) is 30.4 Å². The summed E-state index contributed by atoms with van der Waals surface area (Å²) in [6.07, 6.45) is 3.37. The zero-order valence-corrected chi connectivity index (χ0v) is 20.4. The molecule has 2 N–H and O–H groups in total. The lowest BCUT2D eigenvalue weighted by molar-refractivity contribution is 0.0982. The zero-order chi connectivity index (χ0) is 25.9. The Morgan fingerprint density at radius 3 is 2.49 bits per heavy atom. The fraction of sp³-hybridized carbons (Fsp3) is 0.100. The summed E-state index contributed by atoms with van der Waals surface area (Å²) in [6, 6.07) is 23.1. The van der Waals surface area contributed by atoms with Gasteiger partial charge in [-0.3, -0.25) is 9.78 Å². The summed E-state index contributed by atoms with van der Waals surface area (Å²) in [5.74, 6) is -0.0220. The maximum atomic E-state index is 13.5. The summed E-state index contributed by atoms with van der Waals surface area (Å²) in [6.45, 7) is 2.27. The Morgan fingerprint density at radius 2 is 1.78 bits per heavy atom. The van der Waals surface area contributed by atoms with Crippen LogP contribution in [-0.2, 0) is 6.54 Å². The molecule has 3 aromatic carbocycles. The molecule has 0 spiro atoms. The number of anilines is 1. The van der Waals surface area contributed by atoms with Gasteiger partial charge in [0, 0.05) is 35.1 Å². The molecule has 0 aliphatic carbocycles. The van der Waals surface area contributed by atoms with Crippen LogP contribution in [0, 0.1) is 6.92 Å². The number of ether oxygens (including phenoxy) is 1. The molecule has 0 aliphatic heterocycles. The molecule has 0 aliphatic rings. The minimum absolute atomic E-state index is 0.0910. The SMILES string of the molecule is COc1ccc2nc(-c3ccc(N(Cc4cccnc4)C(=O)c4ccc(O)cc4O)cc3)c(C)cc2c1. The molecule has 0 unspecified atom stereocenters. The molecule has 0 fully saturated rings. The number of phenolic OH excluding ortho intramolecular Hbond substituents is 2. The molecule has 2 heterocycles. The number of aromatic nitrogens is 2. The number of phenols is 2. The molecule has 184 valence electrons. The summed E-state index contributed by atoms with van der Waals surface area (Å²) >= 11 is 0. The normalized spacial score (nSPS) is 10.9. The number of benzene rings is 3. The standard InChI is InChI=1S/C30H25N3O4/c1-19-14-22-15-25(37-2)10-12-27(22)32-29(19)21-5-7-23(8-6-21)33(18-20-4-3-13-31-17-20)30(36)26-11-9-24(34)16-28(26)35/h3-17,34-35H,18H2,1-2H3. The van der Waals surface area contributed by atoms with Gasteiger partial charge in [0.15, 0.2) is 0 Å². The predicted octanol–water partition coefficient (Wildman–Crippen LogP) is 5.87. The third-order valence-electron chi connectivity index (χ3n) is 6.19. The van der Waals surface area contributed by atoms with E-state index in [4.69, 9.17) is 9.72 Å². The Balaban J connectivity index is 1.51. The number of aryl methyl sites for hydroxylation is 1. The number of pyridine rings is 2. The van der Waals surface area contributed by atoms with Gasteiger partial charge in [-0.15, -0.1) is 0 Å². The number of rotatable bonds is 6. The van der Waals surface area contributed by atoms with E-state index >= 15 is 0 Å². The number of nitrogens with zero attached hydrogens (tertiary/aromatic N) is 3. The average molecular weight is 492 g/mol. The van der Waals surface area contributed by atoms with Crippen LogP contribution in [0.25, 0.3) is 22.2 Å². The van der Waals surface area contributed by atoms with Crippen LogP contribution in [0.3, 0.4) is 0 Å². The number of hydrogen-bond acceptors (Lipinski definition) is 6. The molecule has 0 saturated heterocycles. The number of methoxy groups -OCH3 is 1. The van der Waals surface area contributed by atoms with Crippen LogP contribution in [-0.4, -0.2) is 33.2 Å². The van der Waals surface area contributed by atoms with Gasteiger partial charge < -0.3 is 19.8 Å². The zero-order valence-electron chi connectivity index (χ0n) is 20.4. The number of amides is 1. The van der Waals surface area contributed by atoms with Gasteiger partial charge in [-0.1, -0.05) is 18.2 Å². The molecule has 0 bridgehead atoms. The molecule has 1 amide bonds. The van der Waals surface area contributed by atoms with Gasteiger partial charge in [-0.25, -0.2) is 4.98 Å². The maximum absolute atomic E-state index is 13.5. The maximum Gasteiger partial charge on any atom is 0.262 e. The van der Waals surface area contributed by atoms with Crippen LogP contribution in [0.4, 0.5) is 5.69 Å². The number of hydrogen-bond donors (Lipinski definition) is 2. The minimum atomic E-state index is -0.400. The smallest absolute Gasteiger partial charge is 0.262 e. The minimum Gasteiger partial charge on any atom is -0.508 e. The highest BCUT2D eigenvalue weighted by molar-refractivity contribution is 6.08. The lowest BCUT2D eigenvalue weighted by Crippen LogP contribution is -2.30. The quantitative estimate of drug-likeness (QED) is 0.308. The van der Waals surface area contributed by atoms with Crippen molar-refractivity contribution in [3.05, 3.63) is 108 Å². The van der Waals surface area contributed by atoms with Gasteiger partial charge in [0.1, 0.15) is 17.2 Å². The van der Waals surface area contributed by atoms with Crippen LogP contribution < -0.4 is 9.64 Å². The van der Waals surface area contributed by atoms with Gasteiger partial charge in [0.25, 0.3) is 5.91 Å². The van der Waals surface area contributed by atoms with E-state index in [0.29, 0.717) is 5.69 Å². The van der Waals surface area contributed by atoms with E-state index in [-0.39, 0.29) is 23.6 Å². The van der Waals surface area contributed by atoms with E-state index in [9.17, 15) is 15.0 Å². The first-order chi connectivity index (χ1) is 17.9. The third kappa shape index (κ3) is 4.92. The van der Waals surface area contributed by atoms with E-state index in [0.717, 1.165) is 45.1 Å². The highest BCUT2D eigenvalue weighted by Crippen LogP contribution is 2.31. The van der Waals surface area contributed by atoms with Gasteiger partial charge in [0.2, 0.25) is 0 Å². The first kappa shape index (κ1) is 23.8. The first-order valence-corrected chi connectivity index (χ1v) is 11.7. The van der Waals surface area contributed by atoms with Crippen molar-refractivity contribution in [1.82, 2.24) is 9.97 Å². The third-order valence-corrected chi connectivity index (χ3v) is 6.19. The van der Waals surface area contributed by atoms with E-state index < -0.39 is 5.91 Å². The van der Waals surface area contributed by atoms with Crippen molar-refractivity contribution in [2.24, 2.45) is 0 Å². The lowest BCUT2D eigenvalue weighted by Gasteiger charge is -2.24. The Kier molecular flexibility index (Phi) is 6.43. The molecule has 2 aromatic heterocycles. The molecular formula is C30H25N3O4. The first-order valence-electron chi connectivity index (χ1n) is 11.7. The van der Waals surface area contributed by atoms with Crippen molar-refractivity contribution >= 4 is 22.5 Å². The van der Waals surface area contributed by atoms with Crippen LogP contribution >= 0.6 is 0 Å². The highest BCUT2D eigenvalue weighted by atomic mass is 16.5. The van der Waals surface area contributed by atoms with E-state index in [1.807, 2.05) is 61.5 Å². The van der Waals surface area contributed by atoms with Crippen molar-refractivity contribution in [2.45, 2.75) is 13.5 Å². The van der Waals surface area contributed by atoms with Crippen LogP contribution in [0.2, 0.25) is 0 Å². The molecule has 7 heteroatoms. The second-order valence-electron chi connectivity index (χ2n) is 8.71. The van der Waals surface area contributed by atoms with Gasteiger partial charge in [-0.05, 0) is 72.6 Å².